The number of thioether (sulfide) groups is 1. The monoisotopic (exact) mass is 462 g/mol. The van der Waals surface area contributed by atoms with Gasteiger partial charge in [0.25, 0.3) is 0 Å². The highest BCUT2D eigenvalue weighted by atomic mass is 32.2. The smallest absolute Gasteiger partial charge is 0.387 e. The number of nitrogen functional groups attached to an aromatic ring is 1. The molecule has 2 aromatic heterocycles. The number of aromatic nitrogens is 2. The van der Waals surface area contributed by atoms with E-state index in [1.807, 2.05) is 0 Å². The summed E-state index contributed by atoms with van der Waals surface area (Å²) in [6, 6.07) is 4.24. The number of hydrogen-bond donors (Lipinski definition) is 2. The molecule has 2 fully saturated rings. The van der Waals surface area contributed by atoms with E-state index in [4.69, 9.17) is 19.3 Å². The molecule has 2 aliphatic rings. The van der Waals surface area contributed by atoms with Gasteiger partial charge in [-0.25, -0.2) is 9.36 Å². The fourth-order valence-electron chi connectivity index (χ4n) is 2.93. The van der Waals surface area contributed by atoms with Crippen molar-refractivity contribution in [3.63, 3.8) is 0 Å². The molecular formula is C14H15N4O8PS2. The lowest BCUT2D eigenvalue weighted by molar-refractivity contribution is -0.380. The van der Waals surface area contributed by atoms with E-state index in [2.05, 4.69) is 4.98 Å². The van der Waals surface area contributed by atoms with Gasteiger partial charge in [0.05, 0.1) is 23.4 Å². The van der Waals surface area contributed by atoms with Gasteiger partial charge in [-0.1, -0.05) is 11.3 Å². The van der Waals surface area contributed by atoms with Gasteiger partial charge in [0.2, 0.25) is 0 Å². The van der Waals surface area contributed by atoms with Crippen LogP contribution in [0.3, 0.4) is 0 Å². The minimum atomic E-state index is -4.00. The van der Waals surface area contributed by atoms with Crippen LogP contribution in [0.5, 0.6) is 0 Å². The van der Waals surface area contributed by atoms with E-state index in [1.165, 1.54) is 40.7 Å². The lowest BCUT2D eigenvalue weighted by Gasteiger charge is -2.31. The van der Waals surface area contributed by atoms with Crippen LogP contribution >= 0.6 is 30.9 Å². The second kappa shape index (κ2) is 7.80. The maximum atomic E-state index is 12.8. The summed E-state index contributed by atoms with van der Waals surface area (Å²) in [5.74, 6) is 0.0625. The third-order valence-corrected chi connectivity index (χ3v) is 8.24. The predicted octanol–water partition coefficient (Wildman–Crippen LogP) is 1.51. The third kappa shape index (κ3) is 4.10. The number of aliphatic hydroxyl groups is 1. The van der Waals surface area contributed by atoms with Crippen LogP contribution < -0.4 is 11.4 Å². The molecule has 29 heavy (non-hydrogen) atoms. The van der Waals surface area contributed by atoms with Crippen LogP contribution in [0.4, 0.5) is 10.8 Å². The number of nitrogens with zero attached hydrogens (tertiary/aromatic N) is 3. The lowest BCUT2D eigenvalue weighted by Crippen LogP contribution is -2.40. The number of anilines is 1. The third-order valence-electron chi connectivity index (χ3n) is 4.28. The highest BCUT2D eigenvalue weighted by Gasteiger charge is 2.53. The van der Waals surface area contributed by atoms with Crippen molar-refractivity contribution < 1.29 is 28.2 Å². The van der Waals surface area contributed by atoms with Crippen molar-refractivity contribution in [1.82, 2.24) is 9.55 Å². The van der Waals surface area contributed by atoms with E-state index < -0.39 is 36.0 Å². The molecule has 0 aromatic carbocycles. The van der Waals surface area contributed by atoms with Gasteiger partial charge in [0.15, 0.2) is 0 Å². The number of aliphatic hydroxyl groups excluding tert-OH is 1. The van der Waals surface area contributed by atoms with Crippen molar-refractivity contribution in [2.24, 2.45) is 0 Å². The molecular weight excluding hydrogens is 447 g/mol. The van der Waals surface area contributed by atoms with Gasteiger partial charge in [-0.3, -0.25) is 28.3 Å². The molecule has 156 valence electrons. The number of phosphoric acid groups is 1. The van der Waals surface area contributed by atoms with Crippen molar-refractivity contribution in [2.75, 3.05) is 12.3 Å². The largest absolute Gasteiger partial charge is 0.475 e. The van der Waals surface area contributed by atoms with E-state index in [-0.39, 0.29) is 29.3 Å². The number of nitrogens with two attached hydrogens (primary N) is 1. The van der Waals surface area contributed by atoms with Crippen LogP contribution in [-0.4, -0.2) is 43.6 Å². The van der Waals surface area contributed by atoms with Gasteiger partial charge in [-0.15, -0.1) is 11.8 Å². The highest BCUT2D eigenvalue weighted by Crippen LogP contribution is 2.60. The van der Waals surface area contributed by atoms with Crippen LogP contribution in [0.1, 0.15) is 10.3 Å². The van der Waals surface area contributed by atoms with E-state index in [1.54, 1.807) is 0 Å². The number of phosphoric ester groups is 1. The van der Waals surface area contributed by atoms with Crippen molar-refractivity contribution >= 4 is 41.7 Å². The highest BCUT2D eigenvalue weighted by molar-refractivity contribution is 8.00. The Morgan fingerprint density at radius 3 is 2.97 bits per heavy atom. The molecule has 2 aliphatic heterocycles. The fourth-order valence-corrected chi connectivity index (χ4v) is 6.82. The molecule has 12 nitrogen and oxygen atoms in total. The van der Waals surface area contributed by atoms with Crippen LogP contribution in [0.25, 0.3) is 0 Å². The number of thiophene rings is 1. The summed E-state index contributed by atoms with van der Waals surface area (Å²) < 4.78 is 30.0. The molecule has 15 heteroatoms. The van der Waals surface area contributed by atoms with Gasteiger partial charge < -0.3 is 10.8 Å². The van der Waals surface area contributed by atoms with Crippen molar-refractivity contribution in [2.45, 2.75) is 29.4 Å². The summed E-state index contributed by atoms with van der Waals surface area (Å²) in [4.78, 5) is 26.4. The number of rotatable bonds is 5. The SMILES string of the molecule is Nc1ccn([C@@H]2S[C@@H]3COP(=O)(OCc4ccc([N+](=O)[O-])s4)O[C@H]3[C@@H]2O)c(=O)n1. The summed E-state index contributed by atoms with van der Waals surface area (Å²) in [7, 11) is -4.00. The Labute approximate surface area is 171 Å². The van der Waals surface area contributed by atoms with E-state index in [9.17, 15) is 24.6 Å². The minimum Gasteiger partial charge on any atom is -0.387 e. The normalized spacial score (nSPS) is 31.5. The molecule has 0 bridgehead atoms. The van der Waals surface area contributed by atoms with Crippen LogP contribution in [-0.2, 0) is 24.7 Å². The van der Waals surface area contributed by atoms with Gasteiger partial charge >= 0.3 is 18.5 Å². The van der Waals surface area contributed by atoms with E-state index in [0.717, 1.165) is 11.3 Å². The van der Waals surface area contributed by atoms with Crippen LogP contribution in [0, 0.1) is 10.1 Å². The Bertz CT molecular complexity index is 1040. The second-order valence-corrected chi connectivity index (χ2v) is 10.3. The number of nitro groups is 1. The predicted molar refractivity (Wildman–Crippen MR) is 104 cm³/mol. The minimum absolute atomic E-state index is 0.0259. The van der Waals surface area contributed by atoms with Gasteiger partial charge in [-0.05, 0) is 12.1 Å². The number of hydrogen-bond acceptors (Lipinski definition) is 12. The van der Waals surface area contributed by atoms with Gasteiger partial charge in [0, 0.05) is 17.1 Å². The zero-order chi connectivity index (χ0) is 20.8. The zero-order valence-electron chi connectivity index (χ0n) is 14.5. The number of fused-ring (bicyclic) bond motifs is 1. The molecule has 5 atom stereocenters. The average Bonchev–Trinajstić information content (AvgIpc) is 3.26. The molecule has 0 radical (unpaired) electrons. The average molecular weight is 462 g/mol. The first-order chi connectivity index (χ1) is 13.8. The topological polar surface area (TPSA) is 169 Å². The van der Waals surface area contributed by atoms with Crippen molar-refractivity contribution in [3.8, 4) is 0 Å². The first kappa shape index (κ1) is 20.5. The Kier molecular flexibility index (Phi) is 5.50. The quantitative estimate of drug-likeness (QED) is 0.375. The molecule has 0 spiro atoms. The standard InChI is InChI=1S/C14H15N4O8PS2/c15-9-3-4-17(14(20)16-9)13-11(19)12-8(29-13)6-25-27(23,26-12)24-5-7-1-2-10(28-7)18(21)22/h1-4,8,11-13,19H,5-6H2,(H2,15,16,20)/t8-,11+,12-,13-,27?/m1/s1. The summed E-state index contributed by atoms with van der Waals surface area (Å²) in [5.41, 5.74) is 4.86. The molecule has 2 saturated heterocycles. The maximum Gasteiger partial charge on any atom is 0.475 e. The van der Waals surface area contributed by atoms with Crippen molar-refractivity contribution in [3.05, 3.63) is 49.9 Å². The molecule has 3 N–H and O–H groups in total. The first-order valence-corrected chi connectivity index (χ1v) is 11.5. The Morgan fingerprint density at radius 1 is 1.48 bits per heavy atom. The molecule has 2 aromatic rings. The molecule has 4 heterocycles. The van der Waals surface area contributed by atoms with E-state index >= 15 is 0 Å². The molecule has 0 saturated carbocycles. The van der Waals surface area contributed by atoms with Crippen LogP contribution in [0.15, 0.2) is 29.2 Å². The summed E-state index contributed by atoms with van der Waals surface area (Å²) in [5, 5.41) is 20.2. The summed E-state index contributed by atoms with van der Waals surface area (Å²) in [6.45, 7) is -0.233. The Hall–Kier alpha value is -1.80. The molecule has 4 rings (SSSR count). The first-order valence-electron chi connectivity index (χ1n) is 8.24. The van der Waals surface area contributed by atoms with Gasteiger partial charge in [-0.2, -0.15) is 4.98 Å². The summed E-state index contributed by atoms with van der Waals surface area (Å²) >= 11 is 2.11. The van der Waals surface area contributed by atoms with Crippen molar-refractivity contribution in [1.29, 1.82) is 0 Å². The molecule has 0 amide bonds. The Morgan fingerprint density at radius 2 is 2.28 bits per heavy atom. The maximum absolute atomic E-state index is 12.8. The fraction of sp³-hybridized carbons (Fsp3) is 0.429. The van der Waals surface area contributed by atoms with E-state index in [0.29, 0.717) is 4.88 Å². The molecule has 1 unspecified atom stereocenters. The van der Waals surface area contributed by atoms with Gasteiger partial charge in [0.1, 0.15) is 23.4 Å². The summed E-state index contributed by atoms with van der Waals surface area (Å²) in [6.07, 6.45) is -0.646. The molecule has 0 aliphatic carbocycles. The zero-order valence-corrected chi connectivity index (χ0v) is 17.0. The van der Waals surface area contributed by atoms with Crippen LogP contribution in [0.2, 0.25) is 0 Å². The lowest BCUT2D eigenvalue weighted by atomic mass is 10.1. The second-order valence-electron chi connectivity index (χ2n) is 6.18. The Balaban J connectivity index is 1.45.